The van der Waals surface area contributed by atoms with Crippen molar-refractivity contribution in [3.63, 3.8) is 0 Å². The van der Waals surface area contributed by atoms with Crippen molar-refractivity contribution < 1.29 is 28.6 Å². The maximum absolute atomic E-state index is 12.7. The van der Waals surface area contributed by atoms with Crippen LogP contribution in [-0.4, -0.2) is 50.1 Å². The zero-order valence-electron chi connectivity index (χ0n) is 17.6. The molecule has 0 fully saturated rings. The zero-order valence-corrected chi connectivity index (χ0v) is 17.6. The van der Waals surface area contributed by atoms with Crippen LogP contribution < -0.4 is 15.2 Å². The van der Waals surface area contributed by atoms with Gasteiger partial charge in [0.05, 0.1) is 18.7 Å². The highest BCUT2D eigenvalue weighted by Crippen LogP contribution is 2.33. The number of benzene rings is 2. The van der Waals surface area contributed by atoms with Gasteiger partial charge in [-0.05, 0) is 48.6 Å². The topological polar surface area (TPSA) is 108 Å². The Morgan fingerprint density at radius 2 is 1.87 bits per heavy atom. The summed E-state index contributed by atoms with van der Waals surface area (Å²) in [5.41, 5.74) is 7.66. The number of methoxy groups -OCH3 is 1. The van der Waals surface area contributed by atoms with Gasteiger partial charge in [0.25, 0.3) is 11.8 Å². The minimum absolute atomic E-state index is 0.0297. The lowest BCUT2D eigenvalue weighted by molar-refractivity contribution is -0.135. The van der Waals surface area contributed by atoms with Crippen molar-refractivity contribution in [1.29, 1.82) is 0 Å². The Kier molecular flexibility index (Phi) is 7.12. The van der Waals surface area contributed by atoms with Crippen LogP contribution in [0.4, 0.5) is 0 Å². The van der Waals surface area contributed by atoms with Crippen molar-refractivity contribution in [3.05, 3.63) is 59.2 Å². The number of nitrogens with two attached hydrogens (primary N) is 1. The first-order valence-corrected chi connectivity index (χ1v) is 10.0. The average molecular weight is 426 g/mol. The fourth-order valence-corrected chi connectivity index (χ4v) is 3.68. The van der Waals surface area contributed by atoms with Gasteiger partial charge in [-0.2, -0.15) is 0 Å². The predicted octanol–water partition coefficient (Wildman–Crippen LogP) is 2.25. The molecule has 1 aliphatic rings. The molecule has 0 spiro atoms. The third kappa shape index (κ3) is 5.33. The summed E-state index contributed by atoms with van der Waals surface area (Å²) in [7, 11) is 3.14. The second kappa shape index (κ2) is 9.97. The lowest BCUT2D eigenvalue weighted by atomic mass is 9.87. The predicted molar refractivity (Wildman–Crippen MR) is 113 cm³/mol. The second-order valence-corrected chi connectivity index (χ2v) is 7.31. The molecule has 8 nitrogen and oxygen atoms in total. The van der Waals surface area contributed by atoms with Crippen molar-refractivity contribution in [2.45, 2.75) is 25.3 Å². The largest absolute Gasteiger partial charge is 0.493 e. The third-order valence-electron chi connectivity index (χ3n) is 5.29. The first-order valence-electron chi connectivity index (χ1n) is 10.0. The highest BCUT2D eigenvalue weighted by atomic mass is 16.5. The van der Waals surface area contributed by atoms with Crippen LogP contribution in [0, 0.1) is 0 Å². The zero-order chi connectivity index (χ0) is 22.4. The van der Waals surface area contributed by atoms with Gasteiger partial charge in [0, 0.05) is 7.05 Å². The van der Waals surface area contributed by atoms with E-state index < -0.39 is 11.9 Å². The molecule has 0 unspecified atom stereocenters. The molecule has 0 aliphatic heterocycles. The van der Waals surface area contributed by atoms with Gasteiger partial charge < -0.3 is 24.8 Å². The molecule has 1 aliphatic carbocycles. The summed E-state index contributed by atoms with van der Waals surface area (Å²) in [4.78, 5) is 37.6. The Hall–Kier alpha value is -3.55. The van der Waals surface area contributed by atoms with Gasteiger partial charge in [-0.15, -0.1) is 0 Å². The molecule has 0 radical (unpaired) electrons. The second-order valence-electron chi connectivity index (χ2n) is 7.31. The quantitative estimate of drug-likeness (QED) is 0.649. The Morgan fingerprint density at radius 3 is 2.61 bits per heavy atom. The van der Waals surface area contributed by atoms with Crippen molar-refractivity contribution >= 4 is 17.8 Å². The van der Waals surface area contributed by atoms with E-state index >= 15 is 0 Å². The molecule has 3 rings (SSSR count). The standard InChI is InChI=1S/C23H26N2O6/c1-25(18-9-5-7-15-6-3-4-8-17(15)18)22(27)14-31-23(28)16-10-11-19(20(12-16)29-2)30-13-21(24)26/h3-4,6,8,10-12,18H,5,7,9,13-14H2,1-2H3,(H2,24,26)/t18-/m0/s1. The number of nitrogens with zero attached hydrogens (tertiary/aromatic N) is 1. The van der Waals surface area contributed by atoms with E-state index in [1.807, 2.05) is 18.2 Å². The van der Waals surface area contributed by atoms with Gasteiger partial charge in [-0.25, -0.2) is 4.79 Å². The molecule has 0 aromatic heterocycles. The minimum Gasteiger partial charge on any atom is -0.493 e. The molecule has 2 N–H and O–H groups in total. The number of likely N-dealkylation sites (N-methyl/N-ethyl adjacent to an activating group) is 1. The van der Waals surface area contributed by atoms with Gasteiger partial charge in [0.1, 0.15) is 0 Å². The van der Waals surface area contributed by atoms with Gasteiger partial charge in [-0.3, -0.25) is 9.59 Å². The number of amides is 2. The number of carbonyl (C=O) groups excluding carboxylic acids is 3. The van der Waals surface area contributed by atoms with Crippen LogP contribution >= 0.6 is 0 Å². The first kappa shape index (κ1) is 22.1. The van der Waals surface area contributed by atoms with Crippen molar-refractivity contribution in [3.8, 4) is 11.5 Å². The summed E-state index contributed by atoms with van der Waals surface area (Å²) in [5, 5.41) is 0. The average Bonchev–Trinajstić information content (AvgIpc) is 2.79. The van der Waals surface area contributed by atoms with Gasteiger partial charge in [0.2, 0.25) is 0 Å². The van der Waals surface area contributed by atoms with E-state index in [9.17, 15) is 14.4 Å². The highest BCUT2D eigenvalue weighted by Gasteiger charge is 2.27. The van der Waals surface area contributed by atoms with E-state index in [2.05, 4.69) is 6.07 Å². The Bertz CT molecular complexity index is 974. The van der Waals surface area contributed by atoms with Crippen LogP contribution in [0.25, 0.3) is 0 Å². The number of hydrogen-bond acceptors (Lipinski definition) is 6. The molecular formula is C23H26N2O6. The summed E-state index contributed by atoms with van der Waals surface area (Å²) in [6.07, 6.45) is 2.88. The lowest BCUT2D eigenvalue weighted by Gasteiger charge is -2.33. The van der Waals surface area contributed by atoms with Crippen LogP contribution in [0.2, 0.25) is 0 Å². The fraction of sp³-hybridized carbons (Fsp3) is 0.348. The lowest BCUT2D eigenvalue weighted by Crippen LogP contribution is -2.36. The Morgan fingerprint density at radius 1 is 1.10 bits per heavy atom. The smallest absolute Gasteiger partial charge is 0.338 e. The number of ether oxygens (including phenoxy) is 3. The van der Waals surface area contributed by atoms with Crippen LogP contribution in [0.3, 0.4) is 0 Å². The molecule has 0 bridgehead atoms. The van der Waals surface area contributed by atoms with Gasteiger partial charge >= 0.3 is 5.97 Å². The number of aryl methyl sites for hydroxylation is 1. The van der Waals surface area contributed by atoms with E-state index in [-0.39, 0.29) is 42.2 Å². The van der Waals surface area contributed by atoms with Crippen molar-refractivity contribution in [1.82, 2.24) is 4.90 Å². The molecule has 0 saturated heterocycles. The number of hydrogen-bond donors (Lipinski definition) is 1. The van der Waals surface area contributed by atoms with E-state index in [1.165, 1.54) is 30.9 Å². The van der Waals surface area contributed by atoms with E-state index in [1.54, 1.807) is 11.9 Å². The maximum Gasteiger partial charge on any atom is 0.338 e. The van der Waals surface area contributed by atoms with Gasteiger partial charge in [0.15, 0.2) is 24.7 Å². The fourth-order valence-electron chi connectivity index (χ4n) is 3.68. The number of primary amides is 1. The summed E-state index contributed by atoms with van der Waals surface area (Å²) < 4.78 is 15.6. The third-order valence-corrected chi connectivity index (χ3v) is 5.29. The number of fused-ring (bicyclic) bond motifs is 1. The molecule has 2 aromatic rings. The van der Waals surface area contributed by atoms with Crippen LogP contribution in [0.5, 0.6) is 11.5 Å². The SMILES string of the molecule is COc1cc(C(=O)OCC(=O)N(C)[C@H]2CCCc3ccccc32)ccc1OCC(N)=O. The molecular weight excluding hydrogens is 400 g/mol. The minimum atomic E-state index is -0.662. The molecule has 164 valence electrons. The highest BCUT2D eigenvalue weighted by molar-refractivity contribution is 5.92. The summed E-state index contributed by atoms with van der Waals surface area (Å²) in [6, 6.07) is 12.4. The van der Waals surface area contributed by atoms with E-state index in [4.69, 9.17) is 19.9 Å². The summed E-state index contributed by atoms with van der Waals surface area (Å²) in [6.45, 7) is -0.679. The number of carbonyl (C=O) groups is 3. The Balaban J connectivity index is 1.61. The molecule has 0 heterocycles. The van der Waals surface area contributed by atoms with Crippen molar-refractivity contribution in [2.24, 2.45) is 5.73 Å². The van der Waals surface area contributed by atoms with Crippen LogP contribution in [0.1, 0.15) is 40.4 Å². The normalized spacial score (nSPS) is 14.8. The summed E-state index contributed by atoms with van der Waals surface area (Å²) in [5.74, 6) is -1.05. The molecule has 1 atom stereocenters. The molecule has 31 heavy (non-hydrogen) atoms. The molecule has 0 saturated carbocycles. The molecule has 2 amide bonds. The maximum atomic E-state index is 12.7. The van der Waals surface area contributed by atoms with Gasteiger partial charge in [-0.1, -0.05) is 24.3 Å². The molecule has 8 heteroatoms. The first-order chi connectivity index (χ1) is 14.9. The number of esters is 1. The van der Waals surface area contributed by atoms with E-state index in [0.29, 0.717) is 0 Å². The van der Waals surface area contributed by atoms with Crippen LogP contribution in [0.15, 0.2) is 42.5 Å². The van der Waals surface area contributed by atoms with Crippen molar-refractivity contribution in [2.75, 3.05) is 27.4 Å². The monoisotopic (exact) mass is 426 g/mol. The van der Waals surface area contributed by atoms with E-state index in [0.717, 1.165) is 24.8 Å². The number of rotatable bonds is 8. The Labute approximate surface area is 180 Å². The molecule has 2 aromatic carbocycles. The van der Waals surface area contributed by atoms with Crippen LogP contribution in [-0.2, 0) is 20.7 Å². The summed E-state index contributed by atoms with van der Waals surface area (Å²) >= 11 is 0.